The van der Waals surface area contributed by atoms with Crippen molar-refractivity contribution in [3.05, 3.63) is 29.8 Å². The summed E-state index contributed by atoms with van der Waals surface area (Å²) < 4.78 is 17.4. The minimum absolute atomic E-state index is 0.00744. The third-order valence-electron chi connectivity index (χ3n) is 7.76. The number of benzene rings is 1. The van der Waals surface area contributed by atoms with Gasteiger partial charge in [-0.2, -0.15) is 4.98 Å². The van der Waals surface area contributed by atoms with E-state index in [1.165, 1.54) is 0 Å². The summed E-state index contributed by atoms with van der Waals surface area (Å²) in [6.45, 7) is 2.65. The van der Waals surface area contributed by atoms with Gasteiger partial charge < -0.3 is 29.7 Å². The molecule has 0 radical (unpaired) electrons. The minimum atomic E-state index is -0.223. The van der Waals surface area contributed by atoms with Gasteiger partial charge in [0.1, 0.15) is 11.4 Å². The quantitative estimate of drug-likeness (QED) is 0.720. The van der Waals surface area contributed by atoms with Crippen LogP contribution in [0.25, 0.3) is 11.4 Å². The van der Waals surface area contributed by atoms with E-state index in [9.17, 15) is 4.79 Å². The molecule has 1 aromatic carbocycles. The molecule has 5 aliphatic rings. The second-order valence-electron chi connectivity index (χ2n) is 10.2. The molecule has 34 heavy (non-hydrogen) atoms. The maximum absolute atomic E-state index is 12.2. The number of fused-ring (bicyclic) bond motifs is 3. The Bertz CT molecular complexity index is 1100. The molecule has 2 atom stereocenters. The maximum Gasteiger partial charge on any atom is 0.319 e. The Morgan fingerprint density at radius 2 is 1.71 bits per heavy atom. The van der Waals surface area contributed by atoms with Crippen molar-refractivity contribution in [2.75, 3.05) is 36.6 Å². The summed E-state index contributed by atoms with van der Waals surface area (Å²) in [5, 5.41) is 5.76. The fraction of sp³-hybridized carbons (Fsp3) is 0.560. The Morgan fingerprint density at radius 3 is 2.38 bits per heavy atom. The molecule has 2 amide bonds. The van der Waals surface area contributed by atoms with Crippen LogP contribution in [0.1, 0.15) is 37.7 Å². The molecule has 5 heterocycles. The molecule has 9 nitrogen and oxygen atoms in total. The summed E-state index contributed by atoms with van der Waals surface area (Å²) in [6, 6.07) is 8.29. The third kappa shape index (κ3) is 3.58. The predicted molar refractivity (Wildman–Crippen MR) is 125 cm³/mol. The lowest BCUT2D eigenvalue weighted by Crippen LogP contribution is -2.49. The van der Waals surface area contributed by atoms with Crippen molar-refractivity contribution in [2.45, 2.75) is 62.3 Å². The van der Waals surface area contributed by atoms with E-state index in [1.807, 2.05) is 24.3 Å². The molecule has 1 aromatic heterocycles. The van der Waals surface area contributed by atoms with Crippen LogP contribution in [-0.4, -0.2) is 66.2 Å². The summed E-state index contributed by atoms with van der Waals surface area (Å²) in [5.74, 6) is 2.44. The first-order valence-electron chi connectivity index (χ1n) is 12.4. The molecule has 2 bridgehead atoms. The molecule has 4 aliphatic heterocycles. The van der Waals surface area contributed by atoms with E-state index in [4.69, 9.17) is 24.2 Å². The number of ether oxygens (including phenoxy) is 3. The number of hydrogen-bond donors (Lipinski definition) is 2. The van der Waals surface area contributed by atoms with Gasteiger partial charge in [0.2, 0.25) is 5.88 Å². The van der Waals surface area contributed by atoms with Crippen molar-refractivity contribution < 1.29 is 19.0 Å². The first-order chi connectivity index (χ1) is 16.7. The number of nitrogens with zero attached hydrogens (tertiary/aromatic N) is 3. The van der Waals surface area contributed by atoms with E-state index in [2.05, 4.69) is 15.5 Å². The normalized spacial score (nSPS) is 26.4. The Hall–Kier alpha value is -2.91. The van der Waals surface area contributed by atoms with Crippen LogP contribution in [0.2, 0.25) is 0 Å². The third-order valence-corrected chi connectivity index (χ3v) is 7.76. The van der Waals surface area contributed by atoms with E-state index in [0.717, 1.165) is 80.3 Å². The van der Waals surface area contributed by atoms with E-state index in [0.29, 0.717) is 31.1 Å². The molecule has 178 valence electrons. The molecule has 9 heteroatoms. The zero-order valence-corrected chi connectivity index (χ0v) is 19.1. The second-order valence-corrected chi connectivity index (χ2v) is 10.2. The molecular weight excluding hydrogens is 434 g/mol. The van der Waals surface area contributed by atoms with Crippen molar-refractivity contribution in [3.8, 4) is 17.3 Å². The molecule has 2 N–H and O–H groups in total. The number of carbonyl (C=O) groups excluding carboxylic acids is 1. The molecule has 1 aliphatic carbocycles. The van der Waals surface area contributed by atoms with Crippen LogP contribution >= 0.6 is 0 Å². The molecule has 3 saturated heterocycles. The predicted octanol–water partition coefficient (Wildman–Crippen LogP) is 2.89. The SMILES string of the molecule is O=C(Nc1ccc(-c2nc3c(c(N4C5CCC4COC5)n2)CCC2(CC2)O3)cc1)NC1COC1. The van der Waals surface area contributed by atoms with Gasteiger partial charge in [0.15, 0.2) is 5.82 Å². The largest absolute Gasteiger partial charge is 0.471 e. The molecular formula is C25H29N5O4. The van der Waals surface area contributed by atoms with Crippen molar-refractivity contribution >= 4 is 17.5 Å². The van der Waals surface area contributed by atoms with Crippen LogP contribution in [0.4, 0.5) is 16.3 Å². The molecule has 4 fully saturated rings. The highest BCUT2D eigenvalue weighted by Gasteiger charge is 2.50. The number of urea groups is 1. The standard InChI is InChI=1S/C25H29N5O4/c31-24(27-17-11-32-12-17)26-16-3-1-15(2-4-16)21-28-22(30-18-5-6-19(30)14-33-13-18)20-7-8-25(9-10-25)34-23(20)29-21/h1-4,17-19H,5-14H2,(H2,26,27,31). The monoisotopic (exact) mass is 463 g/mol. The van der Waals surface area contributed by atoms with Crippen LogP contribution in [-0.2, 0) is 15.9 Å². The first-order valence-corrected chi connectivity index (χ1v) is 12.4. The second kappa shape index (κ2) is 7.81. The Labute approximate surface area is 198 Å². The van der Waals surface area contributed by atoms with Crippen LogP contribution < -0.4 is 20.3 Å². The van der Waals surface area contributed by atoms with Gasteiger partial charge in [-0.05, 0) is 62.8 Å². The molecule has 1 saturated carbocycles. The van der Waals surface area contributed by atoms with Crippen LogP contribution in [0.5, 0.6) is 5.88 Å². The summed E-state index contributed by atoms with van der Waals surface area (Å²) in [5.41, 5.74) is 2.77. The number of carbonyl (C=O) groups is 1. The van der Waals surface area contributed by atoms with Crippen molar-refractivity contribution in [2.24, 2.45) is 0 Å². The van der Waals surface area contributed by atoms with Gasteiger partial charge in [0, 0.05) is 11.3 Å². The first kappa shape index (κ1) is 20.5. The van der Waals surface area contributed by atoms with Crippen LogP contribution in [0.15, 0.2) is 24.3 Å². The summed E-state index contributed by atoms with van der Waals surface area (Å²) in [4.78, 5) is 24.6. The number of amides is 2. The van der Waals surface area contributed by atoms with Crippen molar-refractivity contribution in [1.82, 2.24) is 15.3 Å². The minimum Gasteiger partial charge on any atom is -0.471 e. The average Bonchev–Trinajstić information content (AvgIpc) is 3.52. The van der Waals surface area contributed by atoms with Gasteiger partial charge in [0.05, 0.1) is 50.1 Å². The highest BCUT2D eigenvalue weighted by Crippen LogP contribution is 2.50. The molecule has 2 unspecified atom stereocenters. The van der Waals surface area contributed by atoms with E-state index < -0.39 is 0 Å². The number of anilines is 2. The molecule has 2 aromatic rings. The zero-order chi connectivity index (χ0) is 22.7. The highest BCUT2D eigenvalue weighted by atomic mass is 16.5. The van der Waals surface area contributed by atoms with E-state index in [-0.39, 0.29) is 17.7 Å². The number of nitrogens with one attached hydrogen (secondary N) is 2. The fourth-order valence-electron chi connectivity index (χ4n) is 5.55. The molecule has 7 rings (SSSR count). The molecule has 1 spiro atoms. The van der Waals surface area contributed by atoms with E-state index >= 15 is 0 Å². The Kier molecular flexibility index (Phi) is 4.70. The topological polar surface area (TPSA) is 97.8 Å². The smallest absolute Gasteiger partial charge is 0.319 e. The van der Waals surface area contributed by atoms with E-state index in [1.54, 1.807) is 0 Å². The lowest BCUT2D eigenvalue weighted by Gasteiger charge is -2.38. The van der Waals surface area contributed by atoms with Crippen LogP contribution in [0.3, 0.4) is 0 Å². The number of aromatic nitrogens is 2. The summed E-state index contributed by atoms with van der Waals surface area (Å²) in [6.07, 6.45) is 6.51. The van der Waals surface area contributed by atoms with Gasteiger partial charge in [0.25, 0.3) is 0 Å². The zero-order valence-electron chi connectivity index (χ0n) is 19.1. The van der Waals surface area contributed by atoms with Gasteiger partial charge >= 0.3 is 6.03 Å². The van der Waals surface area contributed by atoms with Gasteiger partial charge in [-0.25, -0.2) is 9.78 Å². The van der Waals surface area contributed by atoms with Gasteiger partial charge in [-0.15, -0.1) is 0 Å². The highest BCUT2D eigenvalue weighted by molar-refractivity contribution is 5.89. The number of hydrogen-bond acceptors (Lipinski definition) is 7. The lowest BCUT2D eigenvalue weighted by molar-refractivity contribution is 0.000735. The summed E-state index contributed by atoms with van der Waals surface area (Å²) >= 11 is 0. The number of rotatable bonds is 4. The van der Waals surface area contributed by atoms with Gasteiger partial charge in [-0.3, -0.25) is 0 Å². The van der Waals surface area contributed by atoms with Crippen molar-refractivity contribution in [3.63, 3.8) is 0 Å². The Morgan fingerprint density at radius 1 is 0.971 bits per heavy atom. The van der Waals surface area contributed by atoms with Crippen molar-refractivity contribution in [1.29, 1.82) is 0 Å². The average molecular weight is 464 g/mol. The van der Waals surface area contributed by atoms with Crippen LogP contribution in [0, 0.1) is 0 Å². The summed E-state index contributed by atoms with van der Waals surface area (Å²) in [7, 11) is 0. The number of morpholine rings is 1. The Balaban J connectivity index is 1.19. The maximum atomic E-state index is 12.2. The van der Waals surface area contributed by atoms with Gasteiger partial charge in [-0.1, -0.05) is 0 Å². The fourth-order valence-corrected chi connectivity index (χ4v) is 5.55. The lowest BCUT2D eigenvalue weighted by atomic mass is 10.0.